The van der Waals surface area contributed by atoms with E-state index >= 15 is 0 Å². The number of rotatable bonds is 2. The number of benzene rings is 1. The zero-order chi connectivity index (χ0) is 14.9. The lowest BCUT2D eigenvalue weighted by molar-refractivity contribution is -0.137. The lowest BCUT2D eigenvalue weighted by Gasteiger charge is -2.19. The molecule has 2 atom stereocenters. The molecule has 0 bridgehead atoms. The van der Waals surface area contributed by atoms with E-state index in [-0.39, 0.29) is 12.0 Å². The van der Waals surface area contributed by atoms with Crippen LogP contribution in [0.1, 0.15) is 35.3 Å². The maximum absolute atomic E-state index is 12.6. The average Bonchev–Trinajstić information content (AvgIpc) is 2.97. The molecule has 1 fully saturated rings. The third-order valence-corrected chi connectivity index (χ3v) is 3.73. The molecular formula is C16H14F3NO. The Balaban J connectivity index is 1.86. The molecule has 0 radical (unpaired) electrons. The summed E-state index contributed by atoms with van der Waals surface area (Å²) in [5, 5.41) is 0. The van der Waals surface area contributed by atoms with Crippen LogP contribution in [0.2, 0.25) is 0 Å². The van der Waals surface area contributed by atoms with Crippen LogP contribution in [-0.2, 0) is 10.9 Å². The monoisotopic (exact) mass is 293 g/mol. The number of nitrogens with zero attached hydrogens (tertiary/aromatic N) is 1. The highest BCUT2D eigenvalue weighted by molar-refractivity contribution is 5.29. The third kappa shape index (κ3) is 2.93. The van der Waals surface area contributed by atoms with Gasteiger partial charge in [0.25, 0.3) is 0 Å². The minimum atomic E-state index is -4.31. The molecule has 1 aliphatic rings. The Morgan fingerprint density at radius 1 is 1.05 bits per heavy atom. The number of hydrogen-bond donors (Lipinski definition) is 0. The molecular weight excluding hydrogens is 279 g/mol. The second-order valence-corrected chi connectivity index (χ2v) is 5.06. The molecule has 0 N–H and O–H groups in total. The maximum Gasteiger partial charge on any atom is 0.416 e. The van der Waals surface area contributed by atoms with Gasteiger partial charge in [-0.2, -0.15) is 13.2 Å². The number of pyridine rings is 1. The fourth-order valence-electron chi connectivity index (χ4n) is 2.68. The molecule has 2 heterocycles. The number of halogens is 3. The topological polar surface area (TPSA) is 22.1 Å². The van der Waals surface area contributed by atoms with Crippen LogP contribution in [0, 0.1) is 0 Å². The standard InChI is InChI=1S/C16H14F3NO/c17-16(18,19)12-6-4-11(5-7-12)15-13(8-10-21-15)14-3-1-2-9-20-14/h1-7,9,13,15H,8,10H2. The number of alkyl halides is 3. The molecule has 0 amide bonds. The summed E-state index contributed by atoms with van der Waals surface area (Å²) in [6.07, 6.45) is -2.00. The summed E-state index contributed by atoms with van der Waals surface area (Å²) in [7, 11) is 0. The Hall–Kier alpha value is -1.88. The van der Waals surface area contributed by atoms with Crippen LogP contribution in [0.4, 0.5) is 13.2 Å². The molecule has 2 aromatic rings. The Kier molecular flexibility index (Phi) is 3.68. The first-order chi connectivity index (χ1) is 10.1. The van der Waals surface area contributed by atoms with Crippen LogP contribution in [0.15, 0.2) is 48.7 Å². The summed E-state index contributed by atoms with van der Waals surface area (Å²) in [6, 6.07) is 10.9. The molecule has 110 valence electrons. The summed E-state index contributed by atoms with van der Waals surface area (Å²) in [5.41, 5.74) is 1.04. The van der Waals surface area contributed by atoms with Crippen LogP contribution in [0.25, 0.3) is 0 Å². The van der Waals surface area contributed by atoms with Gasteiger partial charge >= 0.3 is 6.18 Å². The van der Waals surface area contributed by atoms with Gasteiger partial charge in [-0.1, -0.05) is 18.2 Å². The predicted molar refractivity (Wildman–Crippen MR) is 71.7 cm³/mol. The van der Waals surface area contributed by atoms with Crippen molar-refractivity contribution in [2.75, 3.05) is 6.61 Å². The van der Waals surface area contributed by atoms with Crippen LogP contribution in [0.3, 0.4) is 0 Å². The van der Waals surface area contributed by atoms with Crippen molar-refractivity contribution >= 4 is 0 Å². The molecule has 0 saturated carbocycles. The van der Waals surface area contributed by atoms with Crippen LogP contribution in [-0.4, -0.2) is 11.6 Å². The Labute approximate surface area is 120 Å². The predicted octanol–water partition coefficient (Wildman–Crippen LogP) is 4.35. The summed E-state index contributed by atoms with van der Waals surface area (Å²) < 4.78 is 43.5. The van der Waals surface area contributed by atoms with Gasteiger partial charge in [0.15, 0.2) is 0 Å². The Bertz CT molecular complexity index is 595. The largest absolute Gasteiger partial charge is 0.416 e. The van der Waals surface area contributed by atoms with Crippen molar-refractivity contribution in [2.45, 2.75) is 24.6 Å². The molecule has 2 nitrogen and oxygen atoms in total. The van der Waals surface area contributed by atoms with Crippen molar-refractivity contribution in [1.82, 2.24) is 4.98 Å². The normalized spacial score (nSPS) is 22.4. The van der Waals surface area contributed by atoms with Gasteiger partial charge in [0.1, 0.15) is 0 Å². The Morgan fingerprint density at radius 2 is 1.81 bits per heavy atom. The van der Waals surface area contributed by atoms with E-state index in [1.807, 2.05) is 18.2 Å². The Morgan fingerprint density at radius 3 is 2.43 bits per heavy atom. The summed E-state index contributed by atoms with van der Waals surface area (Å²) in [4.78, 5) is 4.33. The first kappa shape index (κ1) is 14.1. The van der Waals surface area contributed by atoms with E-state index in [1.54, 1.807) is 6.20 Å². The third-order valence-electron chi connectivity index (χ3n) is 3.73. The first-order valence-electron chi connectivity index (χ1n) is 6.75. The lowest BCUT2D eigenvalue weighted by atomic mass is 9.91. The van der Waals surface area contributed by atoms with E-state index in [2.05, 4.69) is 4.98 Å². The van der Waals surface area contributed by atoms with Crippen molar-refractivity contribution in [3.63, 3.8) is 0 Å². The quantitative estimate of drug-likeness (QED) is 0.821. The van der Waals surface area contributed by atoms with Crippen molar-refractivity contribution in [1.29, 1.82) is 0 Å². The van der Waals surface area contributed by atoms with Gasteiger partial charge in [-0.25, -0.2) is 0 Å². The van der Waals surface area contributed by atoms with E-state index in [9.17, 15) is 13.2 Å². The summed E-state index contributed by atoms with van der Waals surface area (Å²) in [6.45, 7) is 0.590. The molecule has 1 aliphatic heterocycles. The van der Waals surface area contributed by atoms with Crippen LogP contribution < -0.4 is 0 Å². The van der Waals surface area contributed by atoms with Crippen LogP contribution in [0.5, 0.6) is 0 Å². The van der Waals surface area contributed by atoms with Crippen molar-refractivity contribution in [3.8, 4) is 0 Å². The highest BCUT2D eigenvalue weighted by atomic mass is 19.4. The molecule has 2 unspecified atom stereocenters. The number of hydrogen-bond acceptors (Lipinski definition) is 2. The molecule has 5 heteroatoms. The first-order valence-corrected chi connectivity index (χ1v) is 6.75. The van der Waals surface area contributed by atoms with Gasteiger partial charge in [0.2, 0.25) is 0 Å². The van der Waals surface area contributed by atoms with E-state index in [4.69, 9.17) is 4.74 Å². The smallest absolute Gasteiger partial charge is 0.373 e. The zero-order valence-electron chi connectivity index (χ0n) is 11.2. The minimum Gasteiger partial charge on any atom is -0.373 e. The average molecular weight is 293 g/mol. The molecule has 3 rings (SSSR count). The van der Waals surface area contributed by atoms with Gasteiger partial charge in [-0.05, 0) is 36.2 Å². The van der Waals surface area contributed by atoms with E-state index in [0.717, 1.165) is 29.8 Å². The molecule has 0 spiro atoms. The minimum absolute atomic E-state index is 0.0861. The fourth-order valence-corrected chi connectivity index (χ4v) is 2.68. The molecule has 1 aromatic heterocycles. The van der Waals surface area contributed by atoms with E-state index in [0.29, 0.717) is 6.61 Å². The van der Waals surface area contributed by atoms with Gasteiger partial charge < -0.3 is 4.74 Å². The SMILES string of the molecule is FC(F)(F)c1ccc(C2OCCC2c2ccccn2)cc1. The van der Waals surface area contributed by atoms with Gasteiger partial charge in [-0.15, -0.1) is 0 Å². The zero-order valence-corrected chi connectivity index (χ0v) is 11.2. The molecule has 21 heavy (non-hydrogen) atoms. The second-order valence-electron chi connectivity index (χ2n) is 5.06. The molecule has 0 aliphatic carbocycles. The van der Waals surface area contributed by atoms with Gasteiger partial charge in [-0.3, -0.25) is 4.98 Å². The van der Waals surface area contributed by atoms with E-state index in [1.165, 1.54) is 12.1 Å². The highest BCUT2D eigenvalue weighted by Crippen LogP contribution is 2.41. The molecule has 1 aromatic carbocycles. The number of aromatic nitrogens is 1. The van der Waals surface area contributed by atoms with E-state index < -0.39 is 11.7 Å². The van der Waals surface area contributed by atoms with Crippen molar-refractivity contribution < 1.29 is 17.9 Å². The molecule has 1 saturated heterocycles. The maximum atomic E-state index is 12.6. The highest BCUT2D eigenvalue weighted by Gasteiger charge is 2.34. The van der Waals surface area contributed by atoms with Crippen molar-refractivity contribution in [3.05, 3.63) is 65.5 Å². The van der Waals surface area contributed by atoms with Gasteiger partial charge in [0.05, 0.1) is 11.7 Å². The van der Waals surface area contributed by atoms with Crippen LogP contribution >= 0.6 is 0 Å². The second kappa shape index (κ2) is 5.48. The number of ether oxygens (including phenoxy) is 1. The van der Waals surface area contributed by atoms with Crippen molar-refractivity contribution in [2.24, 2.45) is 0 Å². The van der Waals surface area contributed by atoms with Gasteiger partial charge in [0, 0.05) is 24.4 Å². The fraction of sp³-hybridized carbons (Fsp3) is 0.312. The summed E-state index contributed by atoms with van der Waals surface area (Å²) in [5.74, 6) is 0.0861. The lowest BCUT2D eigenvalue weighted by Crippen LogP contribution is -2.09. The summed E-state index contributed by atoms with van der Waals surface area (Å²) >= 11 is 0.